The highest BCUT2D eigenvalue weighted by Gasteiger charge is 2.33. The van der Waals surface area contributed by atoms with E-state index in [9.17, 15) is 14.4 Å². The normalized spacial score (nSPS) is 18.5. The number of rotatable bonds is 2. The average Bonchev–Trinajstić information content (AvgIpc) is 2.67. The lowest BCUT2D eigenvalue weighted by molar-refractivity contribution is 0.0744. The molecule has 0 saturated carbocycles. The number of hydrogen-bond acceptors (Lipinski definition) is 5. The van der Waals surface area contributed by atoms with E-state index in [4.69, 9.17) is 11.6 Å². The molecule has 0 atom stereocenters. The molecule has 1 saturated heterocycles. The van der Waals surface area contributed by atoms with Crippen molar-refractivity contribution in [2.75, 3.05) is 31.1 Å². The maximum Gasteiger partial charge on any atom is 0.261 e. The van der Waals surface area contributed by atoms with E-state index in [-0.39, 0.29) is 22.7 Å². The van der Waals surface area contributed by atoms with Crippen LogP contribution < -0.4 is 10.5 Å². The first kappa shape index (κ1) is 19.6. The largest absolute Gasteiger partial charge is 0.353 e. The first-order valence-electron chi connectivity index (χ1n) is 9.69. The molecule has 2 aliphatic rings. The van der Waals surface area contributed by atoms with Gasteiger partial charge in [-0.2, -0.15) is 0 Å². The zero-order valence-electron chi connectivity index (χ0n) is 16.5. The van der Waals surface area contributed by atoms with Gasteiger partial charge < -0.3 is 14.8 Å². The van der Waals surface area contributed by atoms with Crippen molar-refractivity contribution in [2.45, 2.75) is 26.7 Å². The molecule has 29 heavy (non-hydrogen) atoms. The summed E-state index contributed by atoms with van der Waals surface area (Å²) in [4.78, 5) is 48.9. The number of halogens is 1. The van der Waals surface area contributed by atoms with Crippen molar-refractivity contribution in [1.29, 1.82) is 0 Å². The first-order chi connectivity index (χ1) is 13.7. The van der Waals surface area contributed by atoms with Gasteiger partial charge in [0, 0.05) is 50.1 Å². The summed E-state index contributed by atoms with van der Waals surface area (Å²) in [5.41, 5.74) is 0.517. The van der Waals surface area contributed by atoms with Gasteiger partial charge in [0.25, 0.3) is 11.5 Å². The van der Waals surface area contributed by atoms with Crippen LogP contribution in [-0.2, 0) is 6.42 Å². The SMILES string of the molecule is CC1(C)CC(=O)c2cc(C(=O)N3CCN(c4ccc(Cl)cn4)CC3)c(=O)[nH]c2C1. The Hall–Kier alpha value is -2.67. The molecule has 152 valence electrons. The molecule has 0 radical (unpaired) electrons. The van der Waals surface area contributed by atoms with E-state index in [1.807, 2.05) is 19.9 Å². The lowest BCUT2D eigenvalue weighted by Crippen LogP contribution is -2.50. The first-order valence-corrected chi connectivity index (χ1v) is 10.1. The fraction of sp³-hybridized carbons (Fsp3) is 0.429. The summed E-state index contributed by atoms with van der Waals surface area (Å²) in [7, 11) is 0. The van der Waals surface area contributed by atoms with E-state index >= 15 is 0 Å². The minimum Gasteiger partial charge on any atom is -0.353 e. The van der Waals surface area contributed by atoms with Gasteiger partial charge in [-0.1, -0.05) is 25.4 Å². The Kier molecular flexibility index (Phi) is 4.94. The summed E-state index contributed by atoms with van der Waals surface area (Å²) in [6, 6.07) is 5.12. The number of pyridine rings is 2. The molecular weight excluding hydrogens is 392 g/mol. The molecule has 1 aliphatic carbocycles. The van der Waals surface area contributed by atoms with E-state index in [2.05, 4.69) is 14.9 Å². The molecular formula is C21H23ClN4O3. The summed E-state index contributed by atoms with van der Waals surface area (Å²) in [5.74, 6) is 0.442. The third kappa shape index (κ3) is 3.92. The summed E-state index contributed by atoms with van der Waals surface area (Å²) in [6.45, 7) is 6.16. The van der Waals surface area contributed by atoms with Crippen molar-refractivity contribution < 1.29 is 9.59 Å². The van der Waals surface area contributed by atoms with Crippen LogP contribution in [0, 0.1) is 5.41 Å². The Balaban J connectivity index is 1.51. The number of aromatic nitrogens is 2. The molecule has 1 fully saturated rings. The van der Waals surface area contributed by atoms with Crippen LogP contribution in [0.15, 0.2) is 29.2 Å². The maximum absolute atomic E-state index is 13.0. The van der Waals surface area contributed by atoms with Gasteiger partial charge in [-0.3, -0.25) is 14.4 Å². The fourth-order valence-electron chi connectivity index (χ4n) is 4.05. The summed E-state index contributed by atoms with van der Waals surface area (Å²) in [6.07, 6.45) is 2.62. The Morgan fingerprint density at radius 3 is 2.52 bits per heavy atom. The second-order valence-electron chi connectivity index (χ2n) is 8.46. The number of amides is 1. The average molecular weight is 415 g/mol. The second-order valence-corrected chi connectivity index (χ2v) is 8.90. The molecule has 0 unspecified atom stereocenters. The summed E-state index contributed by atoms with van der Waals surface area (Å²) in [5, 5.41) is 0.576. The van der Waals surface area contributed by atoms with Gasteiger partial charge in [-0.25, -0.2) is 4.98 Å². The van der Waals surface area contributed by atoms with Gasteiger partial charge in [0.1, 0.15) is 11.4 Å². The van der Waals surface area contributed by atoms with Crippen LogP contribution in [-0.4, -0.2) is 52.7 Å². The Labute approximate surface area is 173 Å². The molecule has 7 nitrogen and oxygen atoms in total. The van der Waals surface area contributed by atoms with Crippen molar-refractivity contribution in [1.82, 2.24) is 14.9 Å². The van der Waals surface area contributed by atoms with Gasteiger partial charge in [0.2, 0.25) is 0 Å². The third-order valence-corrected chi connectivity index (χ3v) is 5.77. The Morgan fingerprint density at radius 1 is 1.14 bits per heavy atom. The van der Waals surface area contributed by atoms with Crippen LogP contribution in [0.3, 0.4) is 0 Å². The predicted molar refractivity (Wildman–Crippen MR) is 111 cm³/mol. The van der Waals surface area contributed by atoms with Crippen molar-refractivity contribution in [3.63, 3.8) is 0 Å². The molecule has 4 rings (SSSR count). The molecule has 1 amide bonds. The van der Waals surface area contributed by atoms with Crippen molar-refractivity contribution >= 4 is 29.1 Å². The van der Waals surface area contributed by atoms with Gasteiger partial charge in [0.15, 0.2) is 5.78 Å². The van der Waals surface area contributed by atoms with Gasteiger partial charge in [0.05, 0.1) is 5.02 Å². The Morgan fingerprint density at radius 2 is 1.86 bits per heavy atom. The van der Waals surface area contributed by atoms with Crippen LogP contribution in [0.4, 0.5) is 5.82 Å². The fourth-order valence-corrected chi connectivity index (χ4v) is 4.16. The van der Waals surface area contributed by atoms with Crippen molar-refractivity contribution in [2.24, 2.45) is 5.41 Å². The minimum atomic E-state index is -0.430. The second kappa shape index (κ2) is 7.30. The van der Waals surface area contributed by atoms with Gasteiger partial charge in [-0.15, -0.1) is 0 Å². The van der Waals surface area contributed by atoms with Crippen LogP contribution in [0.25, 0.3) is 0 Å². The van der Waals surface area contributed by atoms with E-state index in [0.717, 1.165) is 5.82 Å². The lowest BCUT2D eigenvalue weighted by Gasteiger charge is -2.35. The van der Waals surface area contributed by atoms with Crippen LogP contribution in [0.5, 0.6) is 0 Å². The summed E-state index contributed by atoms with van der Waals surface area (Å²) < 4.78 is 0. The zero-order chi connectivity index (χ0) is 20.8. The molecule has 8 heteroatoms. The molecule has 1 aliphatic heterocycles. The topological polar surface area (TPSA) is 86.4 Å². The van der Waals surface area contributed by atoms with Gasteiger partial charge >= 0.3 is 0 Å². The Bertz CT molecular complexity index is 1020. The lowest BCUT2D eigenvalue weighted by atomic mass is 9.75. The zero-order valence-corrected chi connectivity index (χ0v) is 17.3. The number of hydrogen-bond donors (Lipinski definition) is 1. The third-order valence-electron chi connectivity index (χ3n) is 5.55. The highest BCUT2D eigenvalue weighted by Crippen LogP contribution is 2.33. The molecule has 0 spiro atoms. The number of aromatic amines is 1. The molecule has 2 aromatic heterocycles. The number of Topliss-reactive ketones (excluding diaryl/α,β-unsaturated/α-hetero) is 1. The molecule has 3 heterocycles. The quantitative estimate of drug-likeness (QED) is 0.816. The molecule has 1 N–H and O–H groups in total. The number of fused-ring (bicyclic) bond motifs is 1. The van der Waals surface area contributed by atoms with E-state index in [0.29, 0.717) is 55.3 Å². The predicted octanol–water partition coefficient (Wildman–Crippen LogP) is 2.54. The van der Waals surface area contributed by atoms with Crippen molar-refractivity contribution in [3.05, 3.63) is 56.6 Å². The van der Waals surface area contributed by atoms with E-state index in [1.165, 1.54) is 6.07 Å². The number of ketones is 1. The van der Waals surface area contributed by atoms with E-state index < -0.39 is 5.56 Å². The highest BCUT2D eigenvalue weighted by molar-refractivity contribution is 6.30. The molecule has 2 aromatic rings. The summed E-state index contributed by atoms with van der Waals surface area (Å²) >= 11 is 5.88. The number of nitrogens with one attached hydrogen (secondary N) is 1. The number of anilines is 1. The number of H-pyrrole nitrogens is 1. The van der Waals surface area contributed by atoms with Gasteiger partial charge in [-0.05, 0) is 30.0 Å². The highest BCUT2D eigenvalue weighted by atomic mass is 35.5. The number of carbonyl (C=O) groups excluding carboxylic acids is 2. The number of piperazine rings is 1. The van der Waals surface area contributed by atoms with Crippen LogP contribution >= 0.6 is 11.6 Å². The molecule has 0 aromatic carbocycles. The number of carbonyl (C=O) groups is 2. The minimum absolute atomic E-state index is 0.0276. The smallest absolute Gasteiger partial charge is 0.261 e. The monoisotopic (exact) mass is 414 g/mol. The molecule has 0 bridgehead atoms. The van der Waals surface area contributed by atoms with Crippen LogP contribution in [0.1, 0.15) is 46.7 Å². The van der Waals surface area contributed by atoms with Crippen molar-refractivity contribution in [3.8, 4) is 0 Å². The van der Waals surface area contributed by atoms with E-state index in [1.54, 1.807) is 17.2 Å². The number of nitrogens with zero attached hydrogens (tertiary/aromatic N) is 3. The van der Waals surface area contributed by atoms with Crippen LogP contribution in [0.2, 0.25) is 5.02 Å². The standard InChI is InChI=1S/C21H23ClN4O3/c1-21(2)10-16-14(17(27)11-21)9-15(19(28)24-16)20(29)26-7-5-25(6-8-26)18-4-3-13(22)12-23-18/h3-4,9,12H,5-8,10-11H2,1-2H3,(H,24,28). The maximum atomic E-state index is 13.0.